The van der Waals surface area contributed by atoms with E-state index in [1.165, 1.54) is 0 Å². The van der Waals surface area contributed by atoms with Crippen LogP contribution in [0.25, 0.3) is 0 Å². The second kappa shape index (κ2) is 9.68. The number of amides is 1. The van der Waals surface area contributed by atoms with E-state index in [0.29, 0.717) is 6.54 Å². The summed E-state index contributed by atoms with van der Waals surface area (Å²) in [4.78, 5) is 23.3. The molecule has 0 aliphatic carbocycles. The van der Waals surface area contributed by atoms with Crippen LogP contribution in [0, 0.1) is 0 Å². The standard InChI is InChI=1S/C18H32N8O/c1-3-16-22-21-15-26(16)9-6-20-18(19-2)25-12-10-23(11-13-25)14-17(27)24-7-4-5-8-24/h15H,3-14H2,1-2H3,(H,19,20). The second-order valence-corrected chi connectivity index (χ2v) is 7.12. The number of aliphatic imine (C=N–C) groups is 1. The first-order valence-electron chi connectivity index (χ1n) is 10.0. The highest BCUT2D eigenvalue weighted by atomic mass is 16.2. The summed E-state index contributed by atoms with van der Waals surface area (Å²) in [7, 11) is 1.82. The van der Waals surface area contributed by atoms with Gasteiger partial charge in [-0.25, -0.2) is 0 Å². The molecule has 3 rings (SSSR count). The first kappa shape index (κ1) is 19.6. The molecule has 2 fully saturated rings. The van der Waals surface area contributed by atoms with E-state index in [-0.39, 0.29) is 5.91 Å². The number of likely N-dealkylation sites (tertiary alicyclic amines) is 1. The molecule has 27 heavy (non-hydrogen) atoms. The van der Waals surface area contributed by atoms with Crippen molar-refractivity contribution in [1.82, 2.24) is 34.8 Å². The SMILES string of the molecule is CCc1nncn1CCNC(=NC)N1CCN(CC(=O)N2CCCC2)CC1. The highest BCUT2D eigenvalue weighted by Crippen LogP contribution is 2.09. The average molecular weight is 377 g/mol. The fourth-order valence-electron chi connectivity index (χ4n) is 3.74. The van der Waals surface area contributed by atoms with Crippen LogP contribution in [-0.2, 0) is 17.8 Å². The number of piperazine rings is 1. The van der Waals surface area contributed by atoms with Gasteiger partial charge < -0.3 is 19.7 Å². The summed E-state index contributed by atoms with van der Waals surface area (Å²) in [5.74, 6) is 2.21. The number of guanidine groups is 1. The molecule has 1 N–H and O–H groups in total. The van der Waals surface area contributed by atoms with E-state index in [9.17, 15) is 4.79 Å². The van der Waals surface area contributed by atoms with Crippen LogP contribution in [-0.4, -0.2) is 101 Å². The summed E-state index contributed by atoms with van der Waals surface area (Å²) >= 11 is 0. The Bertz CT molecular complexity index is 629. The van der Waals surface area contributed by atoms with E-state index in [1.54, 1.807) is 6.33 Å². The minimum absolute atomic E-state index is 0.282. The first-order chi connectivity index (χ1) is 13.2. The Morgan fingerprint density at radius 2 is 1.89 bits per heavy atom. The summed E-state index contributed by atoms with van der Waals surface area (Å²) in [6.07, 6.45) is 4.96. The Balaban J connectivity index is 1.40. The zero-order chi connectivity index (χ0) is 19.1. The monoisotopic (exact) mass is 376 g/mol. The van der Waals surface area contributed by atoms with Gasteiger partial charge in [0.1, 0.15) is 12.2 Å². The molecule has 1 aromatic rings. The van der Waals surface area contributed by atoms with Gasteiger partial charge in [0.05, 0.1) is 6.54 Å². The minimum Gasteiger partial charge on any atom is -0.354 e. The number of hydrogen-bond acceptors (Lipinski definition) is 5. The third-order valence-corrected chi connectivity index (χ3v) is 5.35. The van der Waals surface area contributed by atoms with Crippen LogP contribution < -0.4 is 5.32 Å². The fourth-order valence-corrected chi connectivity index (χ4v) is 3.74. The molecule has 0 spiro atoms. The Morgan fingerprint density at radius 1 is 1.15 bits per heavy atom. The molecule has 150 valence electrons. The fraction of sp³-hybridized carbons (Fsp3) is 0.778. The number of rotatable bonds is 6. The number of nitrogens with zero attached hydrogens (tertiary/aromatic N) is 7. The predicted molar refractivity (Wildman–Crippen MR) is 105 cm³/mol. The van der Waals surface area contributed by atoms with Crippen molar-refractivity contribution in [1.29, 1.82) is 0 Å². The predicted octanol–water partition coefficient (Wildman–Crippen LogP) is -0.344. The number of nitrogens with one attached hydrogen (secondary N) is 1. The van der Waals surface area contributed by atoms with E-state index >= 15 is 0 Å². The van der Waals surface area contributed by atoms with Gasteiger partial charge in [0, 0.05) is 65.8 Å². The molecular formula is C18H32N8O. The first-order valence-corrected chi connectivity index (χ1v) is 10.0. The topological polar surface area (TPSA) is 81.9 Å². The largest absolute Gasteiger partial charge is 0.354 e. The van der Waals surface area contributed by atoms with Gasteiger partial charge in [-0.1, -0.05) is 6.92 Å². The third-order valence-electron chi connectivity index (χ3n) is 5.35. The molecule has 9 heteroatoms. The van der Waals surface area contributed by atoms with Crippen molar-refractivity contribution < 1.29 is 4.79 Å². The minimum atomic E-state index is 0.282. The Morgan fingerprint density at radius 3 is 2.56 bits per heavy atom. The Kier molecular flexibility index (Phi) is 7.03. The maximum atomic E-state index is 12.3. The van der Waals surface area contributed by atoms with Gasteiger partial charge in [-0.3, -0.25) is 14.7 Å². The van der Waals surface area contributed by atoms with Gasteiger partial charge in [-0.05, 0) is 12.8 Å². The molecule has 0 radical (unpaired) electrons. The van der Waals surface area contributed by atoms with Gasteiger partial charge in [0.2, 0.25) is 5.91 Å². The number of carbonyl (C=O) groups is 1. The van der Waals surface area contributed by atoms with Crippen LogP contribution in [0.2, 0.25) is 0 Å². The van der Waals surface area contributed by atoms with Gasteiger partial charge in [0.15, 0.2) is 5.96 Å². The van der Waals surface area contributed by atoms with Crippen molar-refractivity contribution in [3.05, 3.63) is 12.2 Å². The van der Waals surface area contributed by atoms with E-state index in [1.807, 2.05) is 11.9 Å². The molecule has 1 aromatic heterocycles. The number of hydrogen-bond donors (Lipinski definition) is 1. The van der Waals surface area contributed by atoms with Gasteiger partial charge in [-0.15, -0.1) is 10.2 Å². The maximum Gasteiger partial charge on any atom is 0.236 e. The lowest BCUT2D eigenvalue weighted by molar-refractivity contribution is -0.131. The highest BCUT2D eigenvalue weighted by Gasteiger charge is 2.24. The number of aromatic nitrogens is 3. The Hall–Kier alpha value is -2.16. The van der Waals surface area contributed by atoms with Crippen LogP contribution in [0.15, 0.2) is 11.3 Å². The molecule has 3 heterocycles. The Labute approximate surface area is 161 Å². The van der Waals surface area contributed by atoms with Crippen LogP contribution in [0.5, 0.6) is 0 Å². The van der Waals surface area contributed by atoms with Crippen molar-refractivity contribution in [2.75, 3.05) is 59.4 Å². The molecule has 2 aliphatic heterocycles. The lowest BCUT2D eigenvalue weighted by Gasteiger charge is -2.36. The molecule has 9 nitrogen and oxygen atoms in total. The van der Waals surface area contributed by atoms with E-state index < -0.39 is 0 Å². The second-order valence-electron chi connectivity index (χ2n) is 7.12. The molecule has 1 amide bonds. The van der Waals surface area contributed by atoms with E-state index in [4.69, 9.17) is 0 Å². The quantitative estimate of drug-likeness (QED) is 0.540. The summed E-state index contributed by atoms with van der Waals surface area (Å²) in [5, 5.41) is 11.5. The number of carbonyl (C=O) groups excluding carboxylic acids is 1. The molecule has 0 saturated carbocycles. The average Bonchev–Trinajstić information content (AvgIpc) is 3.38. The molecule has 2 saturated heterocycles. The smallest absolute Gasteiger partial charge is 0.236 e. The van der Waals surface area contributed by atoms with Crippen molar-refractivity contribution in [3.8, 4) is 0 Å². The summed E-state index contributed by atoms with van der Waals surface area (Å²) in [6, 6.07) is 0. The lowest BCUT2D eigenvalue weighted by atomic mass is 10.3. The summed E-state index contributed by atoms with van der Waals surface area (Å²) in [5.41, 5.74) is 0. The molecule has 0 atom stereocenters. The lowest BCUT2D eigenvalue weighted by Crippen LogP contribution is -2.54. The normalized spacial score (nSPS) is 19.0. The molecule has 0 unspecified atom stereocenters. The zero-order valence-corrected chi connectivity index (χ0v) is 16.6. The maximum absolute atomic E-state index is 12.3. The van der Waals surface area contributed by atoms with Crippen LogP contribution in [0.3, 0.4) is 0 Å². The van der Waals surface area contributed by atoms with Crippen molar-refractivity contribution in [2.24, 2.45) is 4.99 Å². The highest BCUT2D eigenvalue weighted by molar-refractivity contribution is 5.80. The number of aryl methyl sites for hydroxylation is 1. The van der Waals surface area contributed by atoms with Crippen molar-refractivity contribution >= 4 is 11.9 Å². The van der Waals surface area contributed by atoms with Crippen LogP contribution >= 0.6 is 0 Å². The molecule has 0 bridgehead atoms. The van der Waals surface area contributed by atoms with E-state index in [2.05, 4.69) is 41.8 Å². The molecule has 0 aromatic carbocycles. The van der Waals surface area contributed by atoms with Gasteiger partial charge in [-0.2, -0.15) is 0 Å². The van der Waals surface area contributed by atoms with Crippen LogP contribution in [0.1, 0.15) is 25.6 Å². The molecule has 2 aliphatic rings. The third kappa shape index (κ3) is 5.18. The van der Waals surface area contributed by atoms with Crippen molar-refractivity contribution in [2.45, 2.75) is 32.7 Å². The van der Waals surface area contributed by atoms with Crippen molar-refractivity contribution in [3.63, 3.8) is 0 Å². The summed E-state index contributed by atoms with van der Waals surface area (Å²) < 4.78 is 2.07. The summed E-state index contributed by atoms with van der Waals surface area (Å²) in [6.45, 7) is 9.67. The van der Waals surface area contributed by atoms with E-state index in [0.717, 1.165) is 83.4 Å². The van der Waals surface area contributed by atoms with Gasteiger partial charge in [0.25, 0.3) is 0 Å². The zero-order valence-electron chi connectivity index (χ0n) is 16.6. The van der Waals surface area contributed by atoms with Gasteiger partial charge >= 0.3 is 0 Å². The van der Waals surface area contributed by atoms with Crippen LogP contribution in [0.4, 0.5) is 0 Å². The molecular weight excluding hydrogens is 344 g/mol.